The van der Waals surface area contributed by atoms with E-state index < -0.39 is 0 Å². The van der Waals surface area contributed by atoms with E-state index >= 15 is 0 Å². The number of nitrogens with zero attached hydrogens (tertiary/aromatic N) is 4. The molecule has 1 amide bonds. The van der Waals surface area contributed by atoms with Gasteiger partial charge in [0.25, 0.3) is 5.91 Å². The second kappa shape index (κ2) is 5.03. The van der Waals surface area contributed by atoms with Gasteiger partial charge in [0.2, 0.25) is 0 Å². The Kier molecular flexibility index (Phi) is 3.22. The van der Waals surface area contributed by atoms with Crippen molar-refractivity contribution >= 4 is 5.91 Å². The normalized spacial score (nSPS) is 18.5. The van der Waals surface area contributed by atoms with Crippen molar-refractivity contribution in [3.8, 4) is 0 Å². The number of aromatic nitrogens is 4. The molecule has 20 heavy (non-hydrogen) atoms. The highest BCUT2D eigenvalue weighted by molar-refractivity contribution is 5.92. The summed E-state index contributed by atoms with van der Waals surface area (Å²) in [6.45, 7) is 4.55. The highest BCUT2D eigenvalue weighted by Gasteiger charge is 2.32. The van der Waals surface area contributed by atoms with E-state index in [4.69, 9.17) is 0 Å². The molecular formula is C14H17N5O. The summed E-state index contributed by atoms with van der Waals surface area (Å²) in [5, 5.41) is 0. The number of likely N-dealkylation sites (tertiary alicyclic amines) is 1. The summed E-state index contributed by atoms with van der Waals surface area (Å²) in [5.74, 6) is 0.780. The van der Waals surface area contributed by atoms with Crippen molar-refractivity contribution in [3.05, 3.63) is 41.5 Å². The number of carbonyl (C=O) groups excluding carboxylic acids is 1. The molecule has 2 aromatic rings. The Morgan fingerprint density at radius 2 is 2.10 bits per heavy atom. The van der Waals surface area contributed by atoms with Crippen LogP contribution in [0.5, 0.6) is 0 Å². The molecule has 2 aromatic heterocycles. The fourth-order valence-corrected chi connectivity index (χ4v) is 2.55. The molecule has 0 saturated carbocycles. The molecule has 1 fully saturated rings. The number of amides is 1. The van der Waals surface area contributed by atoms with E-state index in [2.05, 4.69) is 19.9 Å². The third kappa shape index (κ3) is 2.29. The SMILES string of the molecule is Cc1cnc(C(=O)N2CCC[C@H]2c2ncc(C)[nH]2)cn1. The molecular weight excluding hydrogens is 254 g/mol. The minimum atomic E-state index is -0.0750. The monoisotopic (exact) mass is 271 g/mol. The van der Waals surface area contributed by atoms with Gasteiger partial charge in [0.15, 0.2) is 0 Å². The van der Waals surface area contributed by atoms with E-state index in [0.717, 1.165) is 36.6 Å². The number of hydrogen-bond donors (Lipinski definition) is 1. The van der Waals surface area contributed by atoms with Crippen molar-refractivity contribution in [2.24, 2.45) is 0 Å². The van der Waals surface area contributed by atoms with Crippen molar-refractivity contribution in [3.63, 3.8) is 0 Å². The van der Waals surface area contributed by atoms with E-state index in [9.17, 15) is 4.79 Å². The van der Waals surface area contributed by atoms with Crippen molar-refractivity contribution in [2.75, 3.05) is 6.54 Å². The second-order valence-corrected chi connectivity index (χ2v) is 5.15. The third-order valence-corrected chi connectivity index (χ3v) is 3.55. The summed E-state index contributed by atoms with van der Waals surface area (Å²) in [6.07, 6.45) is 6.87. The molecule has 6 nitrogen and oxygen atoms in total. The number of carbonyl (C=O) groups is 1. The minimum Gasteiger partial charge on any atom is -0.344 e. The lowest BCUT2D eigenvalue weighted by atomic mass is 10.2. The van der Waals surface area contributed by atoms with Crippen LogP contribution in [0, 0.1) is 13.8 Å². The molecule has 3 rings (SSSR count). The molecule has 0 radical (unpaired) electrons. The molecule has 104 valence electrons. The minimum absolute atomic E-state index is 0.0132. The molecule has 1 N–H and O–H groups in total. The summed E-state index contributed by atoms with van der Waals surface area (Å²) in [4.78, 5) is 30.2. The number of imidazole rings is 1. The summed E-state index contributed by atoms with van der Waals surface area (Å²) < 4.78 is 0. The van der Waals surface area contributed by atoms with Crippen molar-refractivity contribution < 1.29 is 4.79 Å². The van der Waals surface area contributed by atoms with Crippen LogP contribution in [0.3, 0.4) is 0 Å². The number of aryl methyl sites for hydroxylation is 2. The molecule has 1 aliphatic heterocycles. The van der Waals surface area contributed by atoms with Gasteiger partial charge in [-0.05, 0) is 26.7 Å². The molecule has 1 saturated heterocycles. The van der Waals surface area contributed by atoms with Gasteiger partial charge in [0.1, 0.15) is 11.5 Å². The van der Waals surface area contributed by atoms with Crippen LogP contribution in [-0.4, -0.2) is 37.3 Å². The number of nitrogens with one attached hydrogen (secondary N) is 1. The largest absolute Gasteiger partial charge is 0.344 e. The van der Waals surface area contributed by atoms with E-state index in [0.29, 0.717) is 5.69 Å². The number of hydrogen-bond acceptors (Lipinski definition) is 4. The Hall–Kier alpha value is -2.24. The summed E-state index contributed by atoms with van der Waals surface area (Å²) in [6, 6.07) is 0.0132. The average molecular weight is 271 g/mol. The first-order chi connectivity index (χ1) is 9.65. The Morgan fingerprint density at radius 1 is 1.25 bits per heavy atom. The molecule has 6 heteroatoms. The van der Waals surface area contributed by atoms with Gasteiger partial charge in [-0.3, -0.25) is 9.78 Å². The van der Waals surface area contributed by atoms with Crippen LogP contribution in [0.15, 0.2) is 18.6 Å². The van der Waals surface area contributed by atoms with Gasteiger partial charge in [-0.1, -0.05) is 0 Å². The van der Waals surface area contributed by atoms with E-state index in [1.54, 1.807) is 18.6 Å². The van der Waals surface area contributed by atoms with Crippen LogP contribution in [-0.2, 0) is 0 Å². The van der Waals surface area contributed by atoms with Gasteiger partial charge in [0.05, 0.1) is 17.9 Å². The van der Waals surface area contributed by atoms with E-state index in [1.165, 1.54) is 0 Å². The van der Waals surface area contributed by atoms with Gasteiger partial charge >= 0.3 is 0 Å². The maximum absolute atomic E-state index is 12.5. The smallest absolute Gasteiger partial charge is 0.274 e. The Morgan fingerprint density at radius 3 is 2.75 bits per heavy atom. The molecule has 1 aliphatic rings. The first kappa shape index (κ1) is 12.8. The molecule has 3 heterocycles. The highest BCUT2D eigenvalue weighted by atomic mass is 16.2. The fourth-order valence-electron chi connectivity index (χ4n) is 2.55. The zero-order chi connectivity index (χ0) is 14.1. The molecule has 0 unspecified atom stereocenters. The first-order valence-electron chi connectivity index (χ1n) is 6.76. The molecule has 1 atom stereocenters. The maximum Gasteiger partial charge on any atom is 0.274 e. The van der Waals surface area contributed by atoms with Crippen molar-refractivity contribution in [1.29, 1.82) is 0 Å². The number of rotatable bonds is 2. The Labute approximate surface area is 117 Å². The van der Waals surface area contributed by atoms with Crippen molar-refractivity contribution in [1.82, 2.24) is 24.8 Å². The van der Waals surface area contributed by atoms with Crippen LogP contribution in [0.4, 0.5) is 0 Å². The predicted octanol–water partition coefficient (Wildman–Crippen LogP) is 1.79. The standard InChI is InChI=1S/C14H17N5O/c1-9-6-16-11(8-15-9)14(20)19-5-3-4-12(19)13-17-7-10(2)18-13/h6-8,12H,3-5H2,1-2H3,(H,17,18)/t12-/m0/s1. The number of aromatic amines is 1. The predicted molar refractivity (Wildman–Crippen MR) is 73.1 cm³/mol. The topological polar surface area (TPSA) is 74.8 Å². The third-order valence-electron chi connectivity index (χ3n) is 3.55. The lowest BCUT2D eigenvalue weighted by molar-refractivity contribution is 0.0724. The quantitative estimate of drug-likeness (QED) is 0.903. The second-order valence-electron chi connectivity index (χ2n) is 5.15. The summed E-state index contributed by atoms with van der Waals surface area (Å²) >= 11 is 0. The van der Waals surface area contributed by atoms with Crippen LogP contribution < -0.4 is 0 Å². The molecule has 0 aliphatic carbocycles. The summed E-state index contributed by atoms with van der Waals surface area (Å²) in [7, 11) is 0. The Bertz CT molecular complexity index is 619. The van der Waals surface area contributed by atoms with Crippen molar-refractivity contribution in [2.45, 2.75) is 32.7 Å². The van der Waals surface area contributed by atoms with Crippen LogP contribution in [0.2, 0.25) is 0 Å². The van der Waals surface area contributed by atoms with Crippen LogP contribution in [0.1, 0.15) is 46.6 Å². The maximum atomic E-state index is 12.5. The van der Waals surface area contributed by atoms with Crippen LogP contribution in [0.25, 0.3) is 0 Å². The van der Waals surface area contributed by atoms with Gasteiger partial charge < -0.3 is 9.88 Å². The van der Waals surface area contributed by atoms with Crippen LogP contribution >= 0.6 is 0 Å². The molecule has 0 spiro atoms. The average Bonchev–Trinajstić information content (AvgIpc) is 3.07. The first-order valence-corrected chi connectivity index (χ1v) is 6.76. The summed E-state index contributed by atoms with van der Waals surface area (Å²) in [5.41, 5.74) is 2.21. The van der Waals surface area contributed by atoms with E-state index in [1.807, 2.05) is 18.7 Å². The van der Waals surface area contributed by atoms with E-state index in [-0.39, 0.29) is 11.9 Å². The lowest BCUT2D eigenvalue weighted by Crippen LogP contribution is -2.31. The number of H-pyrrole nitrogens is 1. The van der Waals surface area contributed by atoms with Gasteiger partial charge in [-0.25, -0.2) is 9.97 Å². The van der Waals surface area contributed by atoms with Gasteiger partial charge in [-0.15, -0.1) is 0 Å². The molecule has 0 aromatic carbocycles. The zero-order valence-corrected chi connectivity index (χ0v) is 11.6. The lowest BCUT2D eigenvalue weighted by Gasteiger charge is -2.22. The fraction of sp³-hybridized carbons (Fsp3) is 0.429. The highest BCUT2D eigenvalue weighted by Crippen LogP contribution is 2.31. The van der Waals surface area contributed by atoms with Gasteiger partial charge in [0, 0.05) is 24.6 Å². The Balaban J connectivity index is 1.85. The molecule has 0 bridgehead atoms. The van der Waals surface area contributed by atoms with Gasteiger partial charge in [-0.2, -0.15) is 0 Å². The zero-order valence-electron chi connectivity index (χ0n) is 11.6.